The van der Waals surface area contributed by atoms with Crippen molar-refractivity contribution < 1.29 is 39.4 Å². The summed E-state index contributed by atoms with van der Waals surface area (Å²) in [7, 11) is 0. The van der Waals surface area contributed by atoms with Crippen LogP contribution in [-0.4, -0.2) is 70.5 Å². The Labute approximate surface area is 110 Å². The summed E-state index contributed by atoms with van der Waals surface area (Å²) in [6, 6.07) is 0. The number of rotatable bonds is 5. The minimum absolute atomic E-state index is 0.173. The summed E-state index contributed by atoms with van der Waals surface area (Å²) in [5.41, 5.74) is 0. The zero-order valence-corrected chi connectivity index (χ0v) is 10.6. The number of carbonyl (C=O) groups is 1. The molecule has 0 bridgehead atoms. The van der Waals surface area contributed by atoms with Crippen LogP contribution in [-0.2, 0) is 14.2 Å². The topological polar surface area (TPSA) is 126 Å². The van der Waals surface area contributed by atoms with E-state index in [4.69, 9.17) is 14.6 Å². The average molecular weight is 280 g/mol. The summed E-state index contributed by atoms with van der Waals surface area (Å²) in [5, 5.41) is 37.5. The van der Waals surface area contributed by atoms with Gasteiger partial charge in [-0.25, -0.2) is 4.79 Å². The molecule has 1 rings (SSSR count). The molecule has 19 heavy (non-hydrogen) atoms. The van der Waals surface area contributed by atoms with Crippen LogP contribution in [0.25, 0.3) is 0 Å². The summed E-state index contributed by atoms with van der Waals surface area (Å²) in [6.45, 7) is 1.51. The van der Waals surface area contributed by atoms with Gasteiger partial charge in [0.25, 0.3) is 0 Å². The first-order valence-corrected chi connectivity index (χ1v) is 6.15. The number of hydrogen-bond acceptors (Lipinski definition) is 8. The van der Waals surface area contributed by atoms with Crippen molar-refractivity contribution in [2.24, 2.45) is 0 Å². The van der Waals surface area contributed by atoms with E-state index in [0.717, 1.165) is 6.42 Å². The molecule has 1 heterocycles. The van der Waals surface area contributed by atoms with Crippen molar-refractivity contribution in [1.29, 1.82) is 0 Å². The normalized spacial score (nSPS) is 34.9. The number of aliphatic hydroxyl groups is 4. The fourth-order valence-electron chi connectivity index (χ4n) is 1.59. The monoisotopic (exact) mass is 280 g/mol. The molecular formula is C11H20O8. The fourth-order valence-corrected chi connectivity index (χ4v) is 1.59. The lowest BCUT2D eigenvalue weighted by Crippen LogP contribution is -2.59. The van der Waals surface area contributed by atoms with Crippen molar-refractivity contribution >= 4 is 6.16 Å². The van der Waals surface area contributed by atoms with Crippen molar-refractivity contribution in [2.75, 3.05) is 13.2 Å². The first-order chi connectivity index (χ1) is 9.01. The number of hydrogen-bond donors (Lipinski definition) is 4. The van der Waals surface area contributed by atoms with E-state index in [1.807, 2.05) is 6.92 Å². The second-order valence-corrected chi connectivity index (χ2v) is 4.27. The zero-order chi connectivity index (χ0) is 14.4. The minimum atomic E-state index is -1.61. The van der Waals surface area contributed by atoms with Crippen molar-refractivity contribution in [2.45, 2.75) is 50.5 Å². The lowest BCUT2D eigenvalue weighted by atomic mass is 9.99. The standard InChI is InChI=1S/C11H20O8/c1-2-3-4-17-11(16)19-10-9(15)8(14)7(13)6(5-12)18-10/h6-10,12-15H,2-5H2,1H3/t6-,7-,8+,9+,10?/m1/s1. The summed E-state index contributed by atoms with van der Waals surface area (Å²) in [4.78, 5) is 11.3. The van der Waals surface area contributed by atoms with Crippen LogP contribution in [0.4, 0.5) is 4.79 Å². The second-order valence-electron chi connectivity index (χ2n) is 4.27. The van der Waals surface area contributed by atoms with Gasteiger partial charge in [0.2, 0.25) is 6.29 Å². The molecule has 0 saturated carbocycles. The van der Waals surface area contributed by atoms with Crippen LogP contribution in [0.5, 0.6) is 0 Å². The van der Waals surface area contributed by atoms with Crippen LogP contribution in [0.2, 0.25) is 0 Å². The van der Waals surface area contributed by atoms with Gasteiger partial charge in [0.1, 0.15) is 24.4 Å². The summed E-state index contributed by atoms with van der Waals surface area (Å²) >= 11 is 0. The number of ether oxygens (including phenoxy) is 3. The Bertz CT molecular complexity index is 282. The van der Waals surface area contributed by atoms with Gasteiger partial charge in [0.05, 0.1) is 13.2 Å². The summed E-state index contributed by atoms with van der Waals surface area (Å²) < 4.78 is 14.4. The van der Waals surface area contributed by atoms with Crippen LogP contribution in [0.3, 0.4) is 0 Å². The highest BCUT2D eigenvalue weighted by Crippen LogP contribution is 2.22. The third-order valence-electron chi connectivity index (χ3n) is 2.78. The summed E-state index contributed by atoms with van der Waals surface area (Å²) in [5.74, 6) is 0. The molecule has 0 aliphatic carbocycles. The molecule has 112 valence electrons. The molecule has 0 aromatic carbocycles. The van der Waals surface area contributed by atoms with E-state index in [2.05, 4.69) is 4.74 Å². The smallest absolute Gasteiger partial charge is 0.434 e. The molecule has 5 atom stereocenters. The fraction of sp³-hybridized carbons (Fsp3) is 0.909. The molecule has 1 aliphatic rings. The molecule has 0 aromatic rings. The average Bonchev–Trinajstić information content (AvgIpc) is 2.39. The Balaban J connectivity index is 2.49. The number of carbonyl (C=O) groups excluding carboxylic acids is 1. The molecule has 0 aromatic heterocycles. The van der Waals surface area contributed by atoms with E-state index in [1.165, 1.54) is 0 Å². The van der Waals surface area contributed by atoms with E-state index in [9.17, 15) is 20.1 Å². The van der Waals surface area contributed by atoms with Gasteiger partial charge in [-0.3, -0.25) is 0 Å². The number of unbranched alkanes of at least 4 members (excludes halogenated alkanes) is 1. The van der Waals surface area contributed by atoms with Crippen LogP contribution in [0, 0.1) is 0 Å². The third kappa shape index (κ3) is 4.29. The third-order valence-corrected chi connectivity index (χ3v) is 2.78. The SMILES string of the molecule is CCCCOC(=O)OC1O[C@H](CO)[C@@H](O)[C@H](O)[C@@H]1O. The highest BCUT2D eigenvalue weighted by Gasteiger charge is 2.45. The van der Waals surface area contributed by atoms with E-state index < -0.39 is 43.5 Å². The zero-order valence-electron chi connectivity index (χ0n) is 10.6. The molecule has 1 fully saturated rings. The first-order valence-electron chi connectivity index (χ1n) is 6.15. The Morgan fingerprint density at radius 1 is 1.21 bits per heavy atom. The van der Waals surface area contributed by atoms with Crippen LogP contribution >= 0.6 is 0 Å². The maximum Gasteiger partial charge on any atom is 0.510 e. The lowest BCUT2D eigenvalue weighted by molar-refractivity contribution is -0.288. The largest absolute Gasteiger partial charge is 0.510 e. The van der Waals surface area contributed by atoms with Gasteiger partial charge < -0.3 is 34.6 Å². The molecule has 4 N–H and O–H groups in total. The van der Waals surface area contributed by atoms with Gasteiger partial charge in [-0.2, -0.15) is 0 Å². The van der Waals surface area contributed by atoms with Gasteiger partial charge in [-0.15, -0.1) is 0 Å². The van der Waals surface area contributed by atoms with E-state index >= 15 is 0 Å². The molecular weight excluding hydrogens is 260 g/mol. The molecule has 0 radical (unpaired) electrons. The Hall–Kier alpha value is -0.930. The Kier molecular flexibility index (Phi) is 6.46. The van der Waals surface area contributed by atoms with Crippen molar-refractivity contribution in [1.82, 2.24) is 0 Å². The molecule has 1 saturated heterocycles. The van der Waals surface area contributed by atoms with E-state index in [0.29, 0.717) is 6.42 Å². The Morgan fingerprint density at radius 2 is 1.89 bits per heavy atom. The van der Waals surface area contributed by atoms with Gasteiger partial charge in [-0.1, -0.05) is 13.3 Å². The lowest BCUT2D eigenvalue weighted by Gasteiger charge is -2.38. The van der Waals surface area contributed by atoms with Crippen molar-refractivity contribution in [3.63, 3.8) is 0 Å². The van der Waals surface area contributed by atoms with Crippen LogP contribution in [0.1, 0.15) is 19.8 Å². The van der Waals surface area contributed by atoms with E-state index in [1.54, 1.807) is 0 Å². The van der Waals surface area contributed by atoms with Crippen molar-refractivity contribution in [3.05, 3.63) is 0 Å². The van der Waals surface area contributed by atoms with Crippen LogP contribution < -0.4 is 0 Å². The highest BCUT2D eigenvalue weighted by atomic mass is 16.8. The highest BCUT2D eigenvalue weighted by molar-refractivity contribution is 5.60. The quantitative estimate of drug-likeness (QED) is 0.363. The summed E-state index contributed by atoms with van der Waals surface area (Å²) in [6.07, 6.45) is -6.84. The molecule has 0 amide bonds. The van der Waals surface area contributed by atoms with Gasteiger partial charge in [-0.05, 0) is 6.42 Å². The maximum absolute atomic E-state index is 11.3. The van der Waals surface area contributed by atoms with Gasteiger partial charge in [0, 0.05) is 0 Å². The Morgan fingerprint density at radius 3 is 2.47 bits per heavy atom. The van der Waals surface area contributed by atoms with Gasteiger partial charge in [0.15, 0.2) is 0 Å². The molecule has 8 heteroatoms. The maximum atomic E-state index is 11.3. The molecule has 8 nitrogen and oxygen atoms in total. The van der Waals surface area contributed by atoms with Gasteiger partial charge >= 0.3 is 6.16 Å². The first kappa shape index (κ1) is 16.1. The van der Waals surface area contributed by atoms with E-state index in [-0.39, 0.29) is 6.61 Å². The van der Waals surface area contributed by atoms with Crippen LogP contribution in [0.15, 0.2) is 0 Å². The van der Waals surface area contributed by atoms with Crippen molar-refractivity contribution in [3.8, 4) is 0 Å². The molecule has 1 aliphatic heterocycles. The molecule has 0 spiro atoms. The minimum Gasteiger partial charge on any atom is -0.434 e. The number of aliphatic hydroxyl groups excluding tert-OH is 4. The predicted octanol–water partition coefficient (Wildman–Crippen LogP) is -1.26. The predicted molar refractivity (Wildman–Crippen MR) is 61.1 cm³/mol. The molecule has 1 unspecified atom stereocenters. The second kappa shape index (κ2) is 7.61.